The number of nitrogens with zero attached hydrogens (tertiary/aromatic N) is 1. The van der Waals surface area contributed by atoms with E-state index in [1.165, 1.54) is 0 Å². The Morgan fingerprint density at radius 2 is 1.56 bits per heavy atom. The SMILES string of the molecule is CCC[C@@](C#N)(CCC[C@@H](Cc1ccc(OC)c(OC)c1)NC=O)c1ccc(OC)c(OC)c1. The molecule has 1 amide bonds. The van der Waals surface area contributed by atoms with Crippen molar-refractivity contribution in [1.29, 1.82) is 5.26 Å². The maximum atomic E-state index is 11.3. The van der Waals surface area contributed by atoms with E-state index in [1.54, 1.807) is 28.4 Å². The average Bonchev–Trinajstić information content (AvgIpc) is 2.87. The highest BCUT2D eigenvalue weighted by Gasteiger charge is 2.32. The molecule has 34 heavy (non-hydrogen) atoms. The molecule has 0 saturated heterocycles. The van der Waals surface area contributed by atoms with Crippen molar-refractivity contribution in [3.05, 3.63) is 47.5 Å². The third kappa shape index (κ3) is 6.57. The molecule has 2 rings (SSSR count). The molecule has 7 nitrogen and oxygen atoms in total. The first-order valence-electron chi connectivity index (χ1n) is 11.5. The Morgan fingerprint density at radius 1 is 0.941 bits per heavy atom. The molecule has 0 bridgehead atoms. The van der Waals surface area contributed by atoms with Crippen LogP contribution in [0.1, 0.15) is 50.2 Å². The van der Waals surface area contributed by atoms with Crippen LogP contribution in [0.5, 0.6) is 23.0 Å². The van der Waals surface area contributed by atoms with Crippen LogP contribution in [-0.4, -0.2) is 40.9 Å². The number of hydrogen-bond donors (Lipinski definition) is 1. The van der Waals surface area contributed by atoms with Gasteiger partial charge in [0.2, 0.25) is 6.41 Å². The number of benzene rings is 2. The van der Waals surface area contributed by atoms with Gasteiger partial charge in [0.05, 0.1) is 39.9 Å². The number of amides is 1. The van der Waals surface area contributed by atoms with Crippen molar-refractivity contribution >= 4 is 6.41 Å². The Morgan fingerprint density at radius 3 is 2.12 bits per heavy atom. The minimum absolute atomic E-state index is 0.0565. The Balaban J connectivity index is 2.17. The molecule has 0 aromatic heterocycles. The zero-order chi connectivity index (χ0) is 25.0. The van der Waals surface area contributed by atoms with Gasteiger partial charge in [-0.05, 0) is 67.5 Å². The molecule has 0 heterocycles. The quantitative estimate of drug-likeness (QED) is 0.377. The van der Waals surface area contributed by atoms with Crippen molar-refractivity contribution < 1.29 is 23.7 Å². The van der Waals surface area contributed by atoms with E-state index in [-0.39, 0.29) is 6.04 Å². The predicted molar refractivity (Wildman–Crippen MR) is 132 cm³/mol. The highest BCUT2D eigenvalue weighted by molar-refractivity contribution is 5.48. The van der Waals surface area contributed by atoms with Gasteiger partial charge in [-0.2, -0.15) is 5.26 Å². The largest absolute Gasteiger partial charge is 0.493 e. The van der Waals surface area contributed by atoms with Crippen LogP contribution in [0.3, 0.4) is 0 Å². The molecule has 184 valence electrons. The second-order valence-electron chi connectivity index (χ2n) is 8.28. The first-order valence-corrected chi connectivity index (χ1v) is 11.5. The lowest BCUT2D eigenvalue weighted by Gasteiger charge is -2.28. The summed E-state index contributed by atoms with van der Waals surface area (Å²) in [5.74, 6) is 2.58. The summed E-state index contributed by atoms with van der Waals surface area (Å²) in [5, 5.41) is 13.2. The Hall–Kier alpha value is -3.40. The van der Waals surface area contributed by atoms with Crippen molar-refractivity contribution in [2.24, 2.45) is 0 Å². The molecule has 0 saturated carbocycles. The van der Waals surface area contributed by atoms with Gasteiger partial charge in [-0.3, -0.25) is 4.79 Å². The normalized spacial score (nSPS) is 13.2. The van der Waals surface area contributed by atoms with E-state index in [0.717, 1.165) is 43.2 Å². The van der Waals surface area contributed by atoms with Gasteiger partial charge >= 0.3 is 0 Å². The van der Waals surface area contributed by atoms with E-state index in [9.17, 15) is 10.1 Å². The zero-order valence-corrected chi connectivity index (χ0v) is 20.8. The number of methoxy groups -OCH3 is 4. The monoisotopic (exact) mass is 468 g/mol. The molecule has 0 unspecified atom stereocenters. The lowest BCUT2D eigenvalue weighted by Crippen LogP contribution is -2.31. The maximum Gasteiger partial charge on any atom is 0.207 e. The van der Waals surface area contributed by atoms with Gasteiger partial charge < -0.3 is 24.3 Å². The van der Waals surface area contributed by atoms with Crippen LogP contribution >= 0.6 is 0 Å². The van der Waals surface area contributed by atoms with Crippen molar-refractivity contribution in [2.75, 3.05) is 28.4 Å². The number of ether oxygens (including phenoxy) is 4. The molecule has 0 radical (unpaired) electrons. The maximum absolute atomic E-state index is 11.3. The van der Waals surface area contributed by atoms with Gasteiger partial charge in [-0.1, -0.05) is 25.5 Å². The smallest absolute Gasteiger partial charge is 0.207 e. The summed E-state index contributed by atoms with van der Waals surface area (Å²) in [6.07, 6.45) is 5.21. The van der Waals surface area contributed by atoms with Gasteiger partial charge in [-0.15, -0.1) is 0 Å². The average molecular weight is 469 g/mol. The first kappa shape index (κ1) is 26.8. The van der Waals surface area contributed by atoms with Gasteiger partial charge in [0.15, 0.2) is 23.0 Å². The van der Waals surface area contributed by atoms with E-state index >= 15 is 0 Å². The molecule has 7 heteroatoms. The minimum Gasteiger partial charge on any atom is -0.493 e. The molecular weight excluding hydrogens is 432 g/mol. The van der Waals surface area contributed by atoms with E-state index in [1.807, 2.05) is 36.4 Å². The third-order valence-corrected chi connectivity index (χ3v) is 6.22. The number of carbonyl (C=O) groups is 1. The minimum atomic E-state index is -0.636. The van der Waals surface area contributed by atoms with Crippen molar-refractivity contribution in [3.8, 4) is 29.1 Å². The Labute approximate surface area is 203 Å². The van der Waals surface area contributed by atoms with Crippen molar-refractivity contribution in [3.63, 3.8) is 0 Å². The number of hydrogen-bond acceptors (Lipinski definition) is 6. The predicted octanol–water partition coefficient (Wildman–Crippen LogP) is 4.81. The standard InChI is InChI=1S/C27H36N2O5/c1-6-13-27(18-28,21-10-12-24(32-3)26(17-21)34-5)14-7-8-22(29-19-30)15-20-9-11-23(31-2)25(16-20)33-4/h9-12,16-17,19,22H,6-8,13-15H2,1-5H3,(H,29,30)/t22-,27-/m0/s1. The van der Waals surface area contributed by atoms with Crippen LogP contribution in [0, 0.1) is 11.3 Å². The van der Waals surface area contributed by atoms with Crippen LogP contribution in [0.25, 0.3) is 0 Å². The van der Waals surface area contributed by atoms with Crippen LogP contribution < -0.4 is 24.3 Å². The van der Waals surface area contributed by atoms with Crippen LogP contribution in [-0.2, 0) is 16.6 Å². The Bertz CT molecular complexity index is 972. The summed E-state index contributed by atoms with van der Waals surface area (Å²) in [6, 6.07) is 14.0. The highest BCUT2D eigenvalue weighted by Crippen LogP contribution is 2.39. The van der Waals surface area contributed by atoms with E-state index < -0.39 is 5.41 Å². The van der Waals surface area contributed by atoms with Crippen LogP contribution in [0.2, 0.25) is 0 Å². The highest BCUT2D eigenvalue weighted by atomic mass is 16.5. The summed E-state index contributed by atoms with van der Waals surface area (Å²) in [5.41, 5.74) is 1.33. The van der Waals surface area contributed by atoms with E-state index in [4.69, 9.17) is 18.9 Å². The molecule has 0 aliphatic heterocycles. The molecule has 0 spiro atoms. The summed E-state index contributed by atoms with van der Waals surface area (Å²) >= 11 is 0. The molecule has 0 fully saturated rings. The van der Waals surface area contributed by atoms with Gasteiger partial charge in [-0.25, -0.2) is 0 Å². The molecular formula is C27H36N2O5. The van der Waals surface area contributed by atoms with E-state index in [2.05, 4.69) is 18.3 Å². The molecule has 2 aromatic carbocycles. The van der Waals surface area contributed by atoms with Crippen LogP contribution in [0.15, 0.2) is 36.4 Å². The fourth-order valence-corrected chi connectivity index (χ4v) is 4.43. The second-order valence-corrected chi connectivity index (χ2v) is 8.28. The van der Waals surface area contributed by atoms with Crippen molar-refractivity contribution in [1.82, 2.24) is 5.32 Å². The van der Waals surface area contributed by atoms with Crippen molar-refractivity contribution in [2.45, 2.75) is 56.9 Å². The van der Waals surface area contributed by atoms with Gasteiger partial charge in [0.1, 0.15) is 0 Å². The lowest BCUT2D eigenvalue weighted by molar-refractivity contribution is -0.110. The lowest BCUT2D eigenvalue weighted by atomic mass is 9.74. The zero-order valence-electron chi connectivity index (χ0n) is 20.8. The summed E-state index contributed by atoms with van der Waals surface area (Å²) in [4.78, 5) is 11.3. The Kier molecular flexibility index (Phi) is 10.5. The first-order chi connectivity index (χ1) is 16.5. The summed E-state index contributed by atoms with van der Waals surface area (Å²) < 4.78 is 21.5. The fraction of sp³-hybridized carbons (Fsp3) is 0.481. The topological polar surface area (TPSA) is 89.8 Å². The fourth-order valence-electron chi connectivity index (χ4n) is 4.43. The number of rotatable bonds is 15. The van der Waals surface area contributed by atoms with Gasteiger partial charge in [0.25, 0.3) is 0 Å². The number of nitriles is 1. The molecule has 0 aliphatic rings. The molecule has 2 atom stereocenters. The molecule has 0 aliphatic carbocycles. The second kappa shape index (κ2) is 13.3. The molecule has 2 aromatic rings. The summed E-state index contributed by atoms with van der Waals surface area (Å²) in [7, 11) is 6.40. The summed E-state index contributed by atoms with van der Waals surface area (Å²) in [6.45, 7) is 2.08. The number of nitrogens with one attached hydrogen (secondary N) is 1. The third-order valence-electron chi connectivity index (χ3n) is 6.22. The van der Waals surface area contributed by atoms with Crippen LogP contribution in [0.4, 0.5) is 0 Å². The molecule has 1 N–H and O–H groups in total. The van der Waals surface area contributed by atoms with E-state index in [0.29, 0.717) is 35.8 Å². The number of carbonyl (C=O) groups excluding carboxylic acids is 1. The van der Waals surface area contributed by atoms with Gasteiger partial charge in [0, 0.05) is 6.04 Å².